The van der Waals surface area contributed by atoms with E-state index < -0.39 is 0 Å². The maximum absolute atomic E-state index is 5.31. The van der Waals surface area contributed by atoms with E-state index in [1.165, 1.54) is 0 Å². The van der Waals surface area contributed by atoms with Crippen LogP contribution in [0.1, 0.15) is 12.8 Å². The number of fused-ring (bicyclic) bond motifs is 1. The molecule has 3 heterocycles. The van der Waals surface area contributed by atoms with Crippen LogP contribution in [0, 0.1) is 0 Å². The lowest BCUT2D eigenvalue weighted by molar-refractivity contribution is 0.0903. The molecule has 0 amide bonds. The van der Waals surface area contributed by atoms with Crippen LogP contribution >= 0.6 is 0 Å². The van der Waals surface area contributed by atoms with Gasteiger partial charge < -0.3 is 10.1 Å². The first kappa shape index (κ1) is 9.53. The first-order valence-electron chi connectivity index (χ1n) is 5.43. The van der Waals surface area contributed by atoms with Gasteiger partial charge in [0.1, 0.15) is 12.1 Å². The first-order valence-corrected chi connectivity index (χ1v) is 5.43. The van der Waals surface area contributed by atoms with Gasteiger partial charge in [-0.05, 0) is 25.0 Å². The number of nitrogens with zero attached hydrogens (tertiary/aromatic N) is 4. The molecule has 16 heavy (non-hydrogen) atoms. The molecule has 6 nitrogen and oxygen atoms in total. The van der Waals surface area contributed by atoms with Crippen LogP contribution in [-0.4, -0.2) is 39.1 Å². The summed E-state index contributed by atoms with van der Waals surface area (Å²) in [5, 5.41) is 15.5. The molecular weight excluding hydrogens is 206 g/mol. The van der Waals surface area contributed by atoms with E-state index in [1.54, 1.807) is 10.8 Å². The summed E-state index contributed by atoms with van der Waals surface area (Å²) in [5.41, 5.74) is 0.762. The van der Waals surface area contributed by atoms with Crippen molar-refractivity contribution in [2.75, 3.05) is 18.5 Å². The summed E-state index contributed by atoms with van der Waals surface area (Å²) in [6.07, 6.45) is 3.66. The van der Waals surface area contributed by atoms with Gasteiger partial charge in [-0.1, -0.05) is 0 Å². The lowest BCUT2D eigenvalue weighted by atomic mass is 10.1. The molecule has 0 spiro atoms. The summed E-state index contributed by atoms with van der Waals surface area (Å²) in [6.45, 7) is 1.65. The Balaban J connectivity index is 1.77. The highest BCUT2D eigenvalue weighted by Gasteiger charge is 2.13. The van der Waals surface area contributed by atoms with Gasteiger partial charge >= 0.3 is 0 Å². The molecule has 84 valence electrons. The van der Waals surface area contributed by atoms with Crippen LogP contribution in [0.4, 0.5) is 5.82 Å². The minimum absolute atomic E-state index is 0.454. The Kier molecular flexibility index (Phi) is 2.41. The van der Waals surface area contributed by atoms with Gasteiger partial charge in [-0.3, -0.25) is 0 Å². The van der Waals surface area contributed by atoms with Gasteiger partial charge in [0.25, 0.3) is 0 Å². The molecule has 3 rings (SSSR count). The van der Waals surface area contributed by atoms with Crippen LogP contribution in [0.3, 0.4) is 0 Å². The van der Waals surface area contributed by atoms with Gasteiger partial charge in [0, 0.05) is 19.3 Å². The van der Waals surface area contributed by atoms with E-state index in [1.807, 2.05) is 12.1 Å². The van der Waals surface area contributed by atoms with Gasteiger partial charge in [0.15, 0.2) is 5.65 Å². The van der Waals surface area contributed by atoms with E-state index in [0.29, 0.717) is 6.04 Å². The number of hydrogen-bond donors (Lipinski definition) is 1. The van der Waals surface area contributed by atoms with Crippen LogP contribution in [0.2, 0.25) is 0 Å². The molecular formula is C10H13N5O. The normalized spacial score (nSPS) is 17.8. The van der Waals surface area contributed by atoms with E-state index in [9.17, 15) is 0 Å². The summed E-state index contributed by atoms with van der Waals surface area (Å²) in [4.78, 5) is 0. The molecule has 0 radical (unpaired) electrons. The van der Waals surface area contributed by atoms with Crippen LogP contribution in [0.5, 0.6) is 0 Å². The lowest BCUT2D eigenvalue weighted by Crippen LogP contribution is -2.28. The third-order valence-corrected chi connectivity index (χ3v) is 2.73. The maximum atomic E-state index is 5.31. The lowest BCUT2D eigenvalue weighted by Gasteiger charge is -2.23. The largest absolute Gasteiger partial charge is 0.381 e. The molecule has 1 aliphatic rings. The van der Waals surface area contributed by atoms with Crippen molar-refractivity contribution in [3.05, 3.63) is 18.5 Å². The highest BCUT2D eigenvalue weighted by atomic mass is 16.5. The van der Waals surface area contributed by atoms with E-state index in [-0.39, 0.29) is 0 Å². The smallest absolute Gasteiger partial charge is 0.177 e. The highest BCUT2D eigenvalue weighted by Crippen LogP contribution is 2.13. The molecule has 1 N–H and O–H groups in total. The fourth-order valence-corrected chi connectivity index (χ4v) is 1.86. The van der Waals surface area contributed by atoms with E-state index in [2.05, 4.69) is 20.6 Å². The fraction of sp³-hybridized carbons (Fsp3) is 0.500. The Bertz CT molecular complexity index is 477. The first-order chi connectivity index (χ1) is 7.92. The standard InChI is InChI=1S/C10H13N5O/c1-2-10-13-11-7-15(10)14-9(1)12-8-3-5-16-6-4-8/h1-2,7-8H,3-6H2,(H,12,14). The Morgan fingerprint density at radius 2 is 2.19 bits per heavy atom. The zero-order valence-electron chi connectivity index (χ0n) is 8.83. The van der Waals surface area contributed by atoms with Crippen molar-refractivity contribution in [3.8, 4) is 0 Å². The van der Waals surface area contributed by atoms with Gasteiger partial charge in [-0.15, -0.1) is 15.3 Å². The Morgan fingerprint density at radius 3 is 3.06 bits per heavy atom. The topological polar surface area (TPSA) is 64.3 Å². The predicted octanol–water partition coefficient (Wildman–Crippen LogP) is 0.715. The Hall–Kier alpha value is -1.69. The number of aromatic nitrogens is 4. The quantitative estimate of drug-likeness (QED) is 0.806. The van der Waals surface area contributed by atoms with E-state index in [0.717, 1.165) is 37.5 Å². The zero-order chi connectivity index (χ0) is 10.8. The Morgan fingerprint density at radius 1 is 1.31 bits per heavy atom. The third-order valence-electron chi connectivity index (χ3n) is 2.73. The average Bonchev–Trinajstić information content (AvgIpc) is 2.77. The van der Waals surface area contributed by atoms with Crippen LogP contribution in [0.15, 0.2) is 18.5 Å². The Labute approximate surface area is 92.6 Å². The molecule has 1 aliphatic heterocycles. The monoisotopic (exact) mass is 219 g/mol. The minimum Gasteiger partial charge on any atom is -0.381 e. The highest BCUT2D eigenvalue weighted by molar-refractivity contribution is 5.43. The van der Waals surface area contributed by atoms with Crippen LogP contribution in [-0.2, 0) is 4.74 Å². The van der Waals surface area contributed by atoms with Gasteiger partial charge in [-0.25, -0.2) is 0 Å². The number of hydrogen-bond acceptors (Lipinski definition) is 5. The average molecular weight is 219 g/mol. The van der Waals surface area contributed by atoms with Gasteiger partial charge in [0.05, 0.1) is 0 Å². The molecule has 0 aliphatic carbocycles. The zero-order valence-corrected chi connectivity index (χ0v) is 8.83. The molecule has 1 fully saturated rings. The van der Waals surface area contributed by atoms with Crippen LogP contribution < -0.4 is 5.32 Å². The molecule has 2 aromatic rings. The van der Waals surface area contributed by atoms with Crippen LogP contribution in [0.25, 0.3) is 5.65 Å². The third kappa shape index (κ3) is 1.83. The number of anilines is 1. The second-order valence-electron chi connectivity index (χ2n) is 3.88. The summed E-state index contributed by atoms with van der Waals surface area (Å²) >= 11 is 0. The van der Waals surface area contributed by atoms with Crippen molar-refractivity contribution >= 4 is 11.5 Å². The van der Waals surface area contributed by atoms with Gasteiger partial charge in [0.2, 0.25) is 0 Å². The fourth-order valence-electron chi connectivity index (χ4n) is 1.86. The molecule has 0 atom stereocenters. The van der Waals surface area contributed by atoms with E-state index in [4.69, 9.17) is 4.74 Å². The van der Waals surface area contributed by atoms with Crippen molar-refractivity contribution in [2.24, 2.45) is 0 Å². The second kappa shape index (κ2) is 4.05. The van der Waals surface area contributed by atoms with Crippen molar-refractivity contribution in [1.82, 2.24) is 19.8 Å². The van der Waals surface area contributed by atoms with Gasteiger partial charge in [-0.2, -0.15) is 4.52 Å². The molecule has 0 aromatic carbocycles. The SMILES string of the molecule is c1cc2nncn2nc1NC1CCOCC1. The summed E-state index contributed by atoms with van der Waals surface area (Å²) in [5.74, 6) is 0.860. The van der Waals surface area contributed by atoms with E-state index >= 15 is 0 Å². The van der Waals surface area contributed by atoms with Crippen molar-refractivity contribution in [2.45, 2.75) is 18.9 Å². The molecule has 0 bridgehead atoms. The predicted molar refractivity (Wildman–Crippen MR) is 58.2 cm³/mol. The maximum Gasteiger partial charge on any atom is 0.177 e. The molecule has 6 heteroatoms. The molecule has 0 unspecified atom stereocenters. The molecule has 1 saturated heterocycles. The number of nitrogens with one attached hydrogen (secondary N) is 1. The summed E-state index contributed by atoms with van der Waals surface area (Å²) < 4.78 is 6.98. The summed E-state index contributed by atoms with van der Waals surface area (Å²) in [6, 6.07) is 4.29. The van der Waals surface area contributed by atoms with Crippen molar-refractivity contribution in [1.29, 1.82) is 0 Å². The molecule has 2 aromatic heterocycles. The minimum atomic E-state index is 0.454. The second-order valence-corrected chi connectivity index (χ2v) is 3.88. The number of rotatable bonds is 2. The number of ether oxygens (including phenoxy) is 1. The summed E-state index contributed by atoms with van der Waals surface area (Å²) in [7, 11) is 0. The molecule has 0 saturated carbocycles. The van der Waals surface area contributed by atoms with Crippen molar-refractivity contribution < 1.29 is 4.74 Å². The van der Waals surface area contributed by atoms with Crippen molar-refractivity contribution in [3.63, 3.8) is 0 Å².